The van der Waals surface area contributed by atoms with Gasteiger partial charge in [-0.05, 0) is 6.42 Å². The summed E-state index contributed by atoms with van der Waals surface area (Å²) in [5.41, 5.74) is 0. The topological polar surface area (TPSA) is 35.5 Å². The van der Waals surface area contributed by atoms with E-state index >= 15 is 0 Å². The number of hydrogen-bond acceptors (Lipinski definition) is 3. The lowest BCUT2D eigenvalue weighted by Gasteiger charge is -2.01. The largest absolute Gasteiger partial charge is 0.318 e. The van der Waals surface area contributed by atoms with E-state index < -0.39 is 8.25 Å². The zero-order valence-corrected chi connectivity index (χ0v) is 8.97. The molecule has 0 aliphatic carbocycles. The second-order valence-corrected chi connectivity index (χ2v) is 3.91. The molecule has 74 valence electrons. The molecule has 0 aliphatic rings. The minimum absolute atomic E-state index is 0.565. The van der Waals surface area contributed by atoms with Gasteiger partial charge >= 0.3 is 8.25 Å². The molecule has 0 aromatic rings. The van der Waals surface area contributed by atoms with Crippen LogP contribution in [0.3, 0.4) is 0 Å². The van der Waals surface area contributed by atoms with Crippen LogP contribution in [0.25, 0.3) is 0 Å². The maximum atomic E-state index is 10.6. The van der Waals surface area contributed by atoms with E-state index in [1.807, 2.05) is 0 Å². The van der Waals surface area contributed by atoms with Gasteiger partial charge in [0.1, 0.15) is 0 Å². The molecule has 0 aromatic carbocycles. The number of unbranched alkanes of at least 4 members (excludes halogenated alkanes) is 4. The van der Waals surface area contributed by atoms with Crippen LogP contribution in [0.4, 0.5) is 0 Å². The van der Waals surface area contributed by atoms with Crippen molar-refractivity contribution in [2.75, 3.05) is 13.7 Å². The van der Waals surface area contributed by atoms with Crippen molar-refractivity contribution in [2.24, 2.45) is 0 Å². The van der Waals surface area contributed by atoms with Gasteiger partial charge in [-0.25, -0.2) is 0 Å². The highest BCUT2D eigenvalue weighted by atomic mass is 31.1. The highest BCUT2D eigenvalue weighted by molar-refractivity contribution is 7.33. The van der Waals surface area contributed by atoms with Crippen molar-refractivity contribution in [1.29, 1.82) is 0 Å². The van der Waals surface area contributed by atoms with Gasteiger partial charge in [-0.15, -0.1) is 0 Å². The Labute approximate surface area is 75.4 Å². The van der Waals surface area contributed by atoms with E-state index in [4.69, 9.17) is 4.52 Å². The molecule has 1 atom stereocenters. The maximum Gasteiger partial charge on any atom is 0.318 e. The van der Waals surface area contributed by atoms with Crippen molar-refractivity contribution in [2.45, 2.75) is 39.0 Å². The Hall–Kier alpha value is 0.150. The van der Waals surface area contributed by atoms with Crippen molar-refractivity contribution in [3.8, 4) is 0 Å². The van der Waals surface area contributed by atoms with Crippen molar-refractivity contribution >= 4 is 8.25 Å². The van der Waals surface area contributed by atoms with E-state index in [0.29, 0.717) is 6.61 Å². The molecule has 0 aromatic heterocycles. The zero-order valence-electron chi connectivity index (χ0n) is 7.97. The Morgan fingerprint density at radius 1 is 1.17 bits per heavy atom. The van der Waals surface area contributed by atoms with Crippen LogP contribution in [0, 0.1) is 0 Å². The lowest BCUT2D eigenvalue weighted by atomic mass is 10.2. The summed E-state index contributed by atoms with van der Waals surface area (Å²) in [6.07, 6.45) is 5.91. The lowest BCUT2D eigenvalue weighted by molar-refractivity contribution is 0.250. The summed E-state index contributed by atoms with van der Waals surface area (Å²) in [5, 5.41) is 0. The molecule has 0 spiro atoms. The van der Waals surface area contributed by atoms with Crippen LogP contribution < -0.4 is 0 Å². The Morgan fingerprint density at radius 3 is 2.42 bits per heavy atom. The van der Waals surface area contributed by atoms with Crippen LogP contribution in [0.1, 0.15) is 39.0 Å². The van der Waals surface area contributed by atoms with Gasteiger partial charge < -0.3 is 9.05 Å². The summed E-state index contributed by atoms with van der Waals surface area (Å²) >= 11 is 0. The van der Waals surface area contributed by atoms with E-state index in [-0.39, 0.29) is 0 Å². The van der Waals surface area contributed by atoms with E-state index in [1.54, 1.807) is 0 Å². The smallest absolute Gasteiger partial charge is 0.314 e. The van der Waals surface area contributed by atoms with Crippen LogP contribution in [-0.2, 0) is 13.6 Å². The minimum atomic E-state index is -2.17. The normalized spacial score (nSPS) is 13.2. The first-order valence-electron chi connectivity index (χ1n) is 4.52. The van der Waals surface area contributed by atoms with E-state index in [2.05, 4.69) is 11.4 Å². The van der Waals surface area contributed by atoms with Gasteiger partial charge in [0.15, 0.2) is 0 Å². The SMILES string of the molecule is CCCCCCCO[PH](=O)OC. The molecule has 0 bridgehead atoms. The van der Waals surface area contributed by atoms with Crippen molar-refractivity contribution in [1.82, 2.24) is 0 Å². The Balaban J connectivity index is 2.95. The third-order valence-electron chi connectivity index (χ3n) is 1.63. The fourth-order valence-corrected chi connectivity index (χ4v) is 1.35. The van der Waals surface area contributed by atoms with Gasteiger partial charge in [0.25, 0.3) is 0 Å². The van der Waals surface area contributed by atoms with Crippen LogP contribution in [0.2, 0.25) is 0 Å². The summed E-state index contributed by atoms with van der Waals surface area (Å²) in [4.78, 5) is 0. The van der Waals surface area contributed by atoms with Crippen molar-refractivity contribution in [3.63, 3.8) is 0 Å². The third kappa shape index (κ3) is 8.25. The zero-order chi connectivity index (χ0) is 9.23. The molecule has 0 N–H and O–H groups in total. The molecule has 0 heterocycles. The van der Waals surface area contributed by atoms with Crippen molar-refractivity contribution < 1.29 is 13.6 Å². The summed E-state index contributed by atoms with van der Waals surface area (Å²) in [7, 11) is -0.770. The third-order valence-corrected chi connectivity index (χ3v) is 2.41. The predicted octanol–water partition coefficient (Wildman–Crippen LogP) is 3.01. The fraction of sp³-hybridized carbons (Fsp3) is 1.00. The highest BCUT2D eigenvalue weighted by Gasteiger charge is 1.94. The second-order valence-electron chi connectivity index (χ2n) is 2.72. The Morgan fingerprint density at radius 2 is 1.83 bits per heavy atom. The first-order valence-corrected chi connectivity index (χ1v) is 5.74. The quantitative estimate of drug-likeness (QED) is 0.440. The van der Waals surface area contributed by atoms with E-state index in [1.165, 1.54) is 26.4 Å². The second kappa shape index (κ2) is 9.24. The van der Waals surface area contributed by atoms with Crippen LogP contribution in [0.5, 0.6) is 0 Å². The van der Waals surface area contributed by atoms with Crippen molar-refractivity contribution in [3.05, 3.63) is 0 Å². The molecule has 4 heteroatoms. The molecule has 1 unspecified atom stereocenters. The Kier molecular flexibility index (Phi) is 9.36. The fourth-order valence-electron chi connectivity index (χ4n) is 0.920. The molecule has 0 saturated carbocycles. The number of rotatable bonds is 8. The van der Waals surface area contributed by atoms with Gasteiger partial charge in [0, 0.05) is 7.11 Å². The van der Waals surface area contributed by atoms with Gasteiger partial charge in [-0.1, -0.05) is 32.6 Å². The van der Waals surface area contributed by atoms with E-state index in [0.717, 1.165) is 12.8 Å². The molecule has 0 amide bonds. The first-order chi connectivity index (χ1) is 5.81. The van der Waals surface area contributed by atoms with Crippen LogP contribution in [-0.4, -0.2) is 13.7 Å². The average Bonchev–Trinajstić information content (AvgIpc) is 2.10. The average molecular weight is 194 g/mol. The van der Waals surface area contributed by atoms with Gasteiger partial charge in [-0.2, -0.15) is 0 Å². The predicted molar refractivity (Wildman–Crippen MR) is 50.7 cm³/mol. The number of hydrogen-bond donors (Lipinski definition) is 0. The first kappa shape index (κ1) is 12.2. The monoisotopic (exact) mass is 194 g/mol. The molecular formula is C8H19O3P. The summed E-state index contributed by atoms with van der Waals surface area (Å²) in [6, 6.07) is 0. The summed E-state index contributed by atoms with van der Waals surface area (Å²) < 4.78 is 20.0. The molecule has 0 fully saturated rings. The summed E-state index contributed by atoms with van der Waals surface area (Å²) in [6.45, 7) is 2.75. The standard InChI is InChI=1S/C8H19O3P/c1-3-4-5-6-7-8-11-12(9)10-2/h12H,3-8H2,1-2H3. The summed E-state index contributed by atoms with van der Waals surface area (Å²) in [5.74, 6) is 0. The molecule has 0 saturated heterocycles. The van der Waals surface area contributed by atoms with Crippen LogP contribution in [0.15, 0.2) is 0 Å². The molecular weight excluding hydrogens is 175 g/mol. The molecule has 0 aliphatic heterocycles. The van der Waals surface area contributed by atoms with Gasteiger partial charge in [0.2, 0.25) is 0 Å². The molecule has 3 nitrogen and oxygen atoms in total. The minimum Gasteiger partial charge on any atom is -0.314 e. The lowest BCUT2D eigenvalue weighted by Crippen LogP contribution is -1.87. The molecule has 12 heavy (non-hydrogen) atoms. The van der Waals surface area contributed by atoms with Crippen LogP contribution >= 0.6 is 8.25 Å². The van der Waals surface area contributed by atoms with Gasteiger partial charge in [-0.3, -0.25) is 4.57 Å². The Bertz CT molecular complexity index is 117. The maximum absolute atomic E-state index is 10.6. The molecule has 0 radical (unpaired) electrons. The molecule has 0 rings (SSSR count). The van der Waals surface area contributed by atoms with Gasteiger partial charge in [0.05, 0.1) is 6.61 Å². The highest BCUT2D eigenvalue weighted by Crippen LogP contribution is 2.21. The van der Waals surface area contributed by atoms with E-state index in [9.17, 15) is 4.57 Å².